The number of aryl methyl sites for hydroxylation is 1. The molecule has 0 spiro atoms. The van der Waals surface area contributed by atoms with Crippen molar-refractivity contribution in [3.63, 3.8) is 0 Å². The van der Waals surface area contributed by atoms with Crippen molar-refractivity contribution < 1.29 is 13.2 Å². The predicted molar refractivity (Wildman–Crippen MR) is 105 cm³/mol. The van der Waals surface area contributed by atoms with Crippen molar-refractivity contribution in [2.24, 2.45) is 11.8 Å². The van der Waals surface area contributed by atoms with Gasteiger partial charge in [0.05, 0.1) is 12.3 Å². The van der Waals surface area contributed by atoms with Crippen LogP contribution in [-0.2, 0) is 10.0 Å². The fourth-order valence-corrected chi connectivity index (χ4v) is 5.72. The van der Waals surface area contributed by atoms with E-state index in [-0.39, 0.29) is 29.3 Å². The summed E-state index contributed by atoms with van der Waals surface area (Å²) in [5.74, 6) is -0.0718. The Morgan fingerprint density at radius 1 is 1.11 bits per heavy atom. The Labute approximate surface area is 164 Å². The number of H-pyrrole nitrogens is 1. The van der Waals surface area contributed by atoms with Gasteiger partial charge in [-0.2, -0.15) is 4.31 Å². The van der Waals surface area contributed by atoms with Crippen LogP contribution in [0, 0.1) is 18.8 Å². The molecule has 2 fully saturated rings. The van der Waals surface area contributed by atoms with E-state index >= 15 is 0 Å². The van der Waals surface area contributed by atoms with Gasteiger partial charge in [-0.15, -0.1) is 0 Å². The normalized spacial score (nSPS) is 25.1. The number of aromatic amines is 1. The highest BCUT2D eigenvalue weighted by Crippen LogP contribution is 2.46. The summed E-state index contributed by atoms with van der Waals surface area (Å²) >= 11 is 0. The number of fused-ring (bicyclic) bond motifs is 1. The smallest absolute Gasteiger partial charge is 0.254 e. The zero-order chi connectivity index (χ0) is 20.1. The molecule has 0 aliphatic carbocycles. The maximum Gasteiger partial charge on any atom is 0.254 e. The van der Waals surface area contributed by atoms with Gasteiger partial charge in [-0.05, 0) is 24.5 Å². The number of aromatic nitrogens is 1. The van der Waals surface area contributed by atoms with E-state index in [2.05, 4.69) is 4.98 Å². The first-order valence-corrected chi connectivity index (χ1v) is 11.1. The number of nitrogens with one attached hydrogen (secondary N) is 1. The third kappa shape index (κ3) is 3.38. The van der Waals surface area contributed by atoms with Crippen LogP contribution in [0.15, 0.2) is 47.3 Å². The highest BCUT2D eigenvalue weighted by atomic mass is 32.2. The van der Waals surface area contributed by atoms with E-state index in [1.807, 2.05) is 30.3 Å². The largest absolute Gasteiger partial charge is 0.338 e. The lowest BCUT2D eigenvalue weighted by molar-refractivity contribution is 0.0773. The molecule has 2 aromatic rings. The lowest BCUT2D eigenvalue weighted by Gasteiger charge is -2.28. The van der Waals surface area contributed by atoms with Crippen LogP contribution in [0.2, 0.25) is 0 Å². The number of benzene rings is 1. The molecule has 1 aromatic heterocycles. The summed E-state index contributed by atoms with van der Waals surface area (Å²) < 4.78 is 26.3. The zero-order valence-corrected chi connectivity index (χ0v) is 16.6. The zero-order valence-electron chi connectivity index (χ0n) is 15.8. The first kappa shape index (κ1) is 18.9. The SMILES string of the molecule is Cc1cc(C(=O)N2C[C@@H]3CN(S(C)(=O)=O)[C@@H](c4ccccc4)[C@@H]3C2)cc(=O)[nH]1. The molecule has 1 aromatic carbocycles. The number of nitrogens with zero attached hydrogens (tertiary/aromatic N) is 2. The van der Waals surface area contributed by atoms with E-state index in [0.717, 1.165) is 5.56 Å². The van der Waals surface area contributed by atoms with Gasteiger partial charge >= 0.3 is 0 Å². The number of carbonyl (C=O) groups excluding carboxylic acids is 1. The van der Waals surface area contributed by atoms with Gasteiger partial charge in [0.2, 0.25) is 15.6 Å². The van der Waals surface area contributed by atoms with Gasteiger partial charge in [0, 0.05) is 42.9 Å². The molecule has 0 bridgehead atoms. The molecule has 0 unspecified atom stereocenters. The maximum absolute atomic E-state index is 12.9. The lowest BCUT2D eigenvalue weighted by Crippen LogP contribution is -2.37. The number of pyridine rings is 1. The van der Waals surface area contributed by atoms with Crippen molar-refractivity contribution in [3.8, 4) is 0 Å². The molecule has 4 rings (SSSR count). The Kier molecular flexibility index (Phi) is 4.63. The van der Waals surface area contributed by atoms with Gasteiger partial charge in [0.15, 0.2) is 0 Å². The van der Waals surface area contributed by atoms with Crippen LogP contribution in [0.3, 0.4) is 0 Å². The number of sulfonamides is 1. The van der Waals surface area contributed by atoms with Gasteiger partial charge in [0.25, 0.3) is 5.91 Å². The van der Waals surface area contributed by atoms with Crippen molar-refractivity contribution in [3.05, 3.63) is 69.6 Å². The Balaban J connectivity index is 1.63. The van der Waals surface area contributed by atoms with Crippen LogP contribution in [0.25, 0.3) is 0 Å². The second-order valence-corrected chi connectivity index (χ2v) is 9.67. The molecule has 7 nitrogen and oxygen atoms in total. The second-order valence-electron chi connectivity index (χ2n) is 7.74. The van der Waals surface area contributed by atoms with Gasteiger partial charge in [-0.3, -0.25) is 9.59 Å². The lowest BCUT2D eigenvalue weighted by atomic mass is 9.90. The Morgan fingerprint density at radius 2 is 1.82 bits per heavy atom. The van der Waals surface area contributed by atoms with E-state index in [1.165, 1.54) is 12.3 Å². The van der Waals surface area contributed by atoms with Crippen molar-refractivity contribution >= 4 is 15.9 Å². The fourth-order valence-electron chi connectivity index (χ4n) is 4.57. The highest BCUT2D eigenvalue weighted by molar-refractivity contribution is 7.88. The minimum Gasteiger partial charge on any atom is -0.338 e. The number of likely N-dealkylation sites (tertiary alicyclic amines) is 1. The van der Waals surface area contributed by atoms with E-state index in [9.17, 15) is 18.0 Å². The average molecular weight is 401 g/mol. The summed E-state index contributed by atoms with van der Waals surface area (Å²) in [6.45, 7) is 3.11. The molecule has 28 heavy (non-hydrogen) atoms. The molecular weight excluding hydrogens is 378 g/mol. The monoisotopic (exact) mass is 401 g/mol. The van der Waals surface area contributed by atoms with Crippen LogP contribution in [0.5, 0.6) is 0 Å². The first-order chi connectivity index (χ1) is 13.2. The summed E-state index contributed by atoms with van der Waals surface area (Å²) in [6.07, 6.45) is 1.24. The average Bonchev–Trinajstić information content (AvgIpc) is 3.18. The molecular formula is C20H23N3O4S. The van der Waals surface area contributed by atoms with Crippen LogP contribution >= 0.6 is 0 Å². The summed E-state index contributed by atoms with van der Waals surface area (Å²) in [5.41, 5.74) is 1.66. The molecule has 3 heterocycles. The van der Waals surface area contributed by atoms with Gasteiger partial charge < -0.3 is 9.88 Å². The van der Waals surface area contributed by atoms with Gasteiger partial charge in [-0.25, -0.2) is 8.42 Å². The fraction of sp³-hybridized carbons (Fsp3) is 0.400. The highest BCUT2D eigenvalue weighted by Gasteiger charge is 2.51. The van der Waals surface area contributed by atoms with Gasteiger partial charge in [-0.1, -0.05) is 30.3 Å². The van der Waals surface area contributed by atoms with Crippen molar-refractivity contribution in [1.29, 1.82) is 0 Å². The summed E-state index contributed by atoms with van der Waals surface area (Å²) in [5, 5.41) is 0. The summed E-state index contributed by atoms with van der Waals surface area (Å²) in [4.78, 5) is 29.1. The molecule has 2 aliphatic rings. The molecule has 0 saturated carbocycles. The molecule has 2 aliphatic heterocycles. The van der Waals surface area contributed by atoms with Crippen LogP contribution in [0.4, 0.5) is 0 Å². The number of carbonyl (C=O) groups is 1. The number of rotatable bonds is 3. The molecule has 1 amide bonds. The van der Waals surface area contributed by atoms with Crippen LogP contribution in [0.1, 0.15) is 27.7 Å². The summed E-state index contributed by atoms with van der Waals surface area (Å²) in [7, 11) is -3.36. The molecule has 1 N–H and O–H groups in total. The predicted octanol–water partition coefficient (Wildman–Crippen LogP) is 1.39. The van der Waals surface area contributed by atoms with Crippen molar-refractivity contribution in [1.82, 2.24) is 14.2 Å². The maximum atomic E-state index is 12.9. The summed E-state index contributed by atoms with van der Waals surface area (Å²) in [6, 6.07) is 12.3. The molecule has 0 radical (unpaired) electrons. The Bertz CT molecular complexity index is 1060. The van der Waals surface area contributed by atoms with Crippen LogP contribution in [-0.4, -0.2) is 54.4 Å². The topological polar surface area (TPSA) is 90.6 Å². The third-order valence-electron chi connectivity index (χ3n) is 5.70. The standard InChI is InChI=1S/C20H23N3O4S/c1-13-8-15(9-18(24)21-13)20(25)22-10-16-11-23(28(2,26)27)19(17(16)12-22)14-6-4-3-5-7-14/h3-9,16-17,19H,10-12H2,1-2H3,(H,21,24)/t16-,17-,19+/m1/s1. The molecule has 3 atom stereocenters. The van der Waals surface area contributed by atoms with E-state index in [4.69, 9.17) is 0 Å². The van der Waals surface area contributed by atoms with Crippen molar-refractivity contribution in [2.75, 3.05) is 25.9 Å². The second kappa shape index (κ2) is 6.86. The Hall–Kier alpha value is -2.45. The minimum atomic E-state index is -3.36. The first-order valence-electron chi connectivity index (χ1n) is 9.26. The molecule has 2 saturated heterocycles. The van der Waals surface area contributed by atoms with Crippen molar-refractivity contribution in [2.45, 2.75) is 13.0 Å². The Morgan fingerprint density at radius 3 is 2.46 bits per heavy atom. The quantitative estimate of drug-likeness (QED) is 0.842. The minimum absolute atomic E-state index is 0.0316. The molecule has 8 heteroatoms. The number of amides is 1. The van der Waals surface area contributed by atoms with Crippen LogP contribution < -0.4 is 5.56 Å². The number of hydrogen-bond donors (Lipinski definition) is 1. The van der Waals surface area contributed by atoms with Gasteiger partial charge in [0.1, 0.15) is 0 Å². The number of hydrogen-bond acceptors (Lipinski definition) is 4. The van der Waals surface area contributed by atoms with E-state index in [1.54, 1.807) is 22.2 Å². The third-order valence-corrected chi connectivity index (χ3v) is 6.93. The molecule has 148 valence electrons. The van der Waals surface area contributed by atoms with E-state index in [0.29, 0.717) is 30.9 Å². The van der Waals surface area contributed by atoms with E-state index < -0.39 is 10.0 Å².